The average molecular weight is 267 g/mol. The molecule has 0 aliphatic carbocycles. The first-order valence-electron chi connectivity index (χ1n) is 6.81. The van der Waals surface area contributed by atoms with Crippen molar-refractivity contribution in [2.24, 2.45) is 5.92 Å². The summed E-state index contributed by atoms with van der Waals surface area (Å²) in [5.74, 6) is 0.146. The van der Waals surface area contributed by atoms with Crippen molar-refractivity contribution in [1.82, 2.24) is 15.1 Å². The number of hydrogen-bond donors (Lipinski definition) is 2. The van der Waals surface area contributed by atoms with Crippen molar-refractivity contribution in [2.75, 3.05) is 6.54 Å². The maximum atomic E-state index is 12.0. The molecule has 0 radical (unpaired) electrons. The summed E-state index contributed by atoms with van der Waals surface area (Å²) in [5, 5.41) is 16.8. The third-order valence-corrected chi connectivity index (χ3v) is 3.30. The van der Waals surface area contributed by atoms with E-state index in [1.54, 1.807) is 4.68 Å². The molecule has 0 aromatic carbocycles. The SMILES string of the molecule is Cc1cc(C)n(C(C)C(=O)NCCC(O)C(C)C)n1. The van der Waals surface area contributed by atoms with Crippen LogP contribution in [0.1, 0.15) is 44.6 Å². The third-order valence-electron chi connectivity index (χ3n) is 3.30. The Bertz CT molecular complexity index is 426. The van der Waals surface area contributed by atoms with Crippen LogP contribution in [0.5, 0.6) is 0 Å². The number of aliphatic hydroxyl groups is 1. The van der Waals surface area contributed by atoms with Gasteiger partial charge >= 0.3 is 0 Å². The number of nitrogens with one attached hydrogen (secondary N) is 1. The molecule has 0 saturated heterocycles. The highest BCUT2D eigenvalue weighted by molar-refractivity contribution is 5.79. The van der Waals surface area contributed by atoms with E-state index in [0.717, 1.165) is 11.4 Å². The molecule has 19 heavy (non-hydrogen) atoms. The van der Waals surface area contributed by atoms with Crippen LogP contribution in [0.4, 0.5) is 0 Å². The van der Waals surface area contributed by atoms with Crippen LogP contribution in [-0.4, -0.2) is 33.4 Å². The Morgan fingerprint density at radius 1 is 1.42 bits per heavy atom. The molecule has 5 nitrogen and oxygen atoms in total. The van der Waals surface area contributed by atoms with Crippen molar-refractivity contribution in [3.63, 3.8) is 0 Å². The molecule has 1 heterocycles. The summed E-state index contributed by atoms with van der Waals surface area (Å²) in [5.41, 5.74) is 1.88. The van der Waals surface area contributed by atoms with Gasteiger partial charge in [-0.2, -0.15) is 5.10 Å². The van der Waals surface area contributed by atoms with E-state index in [1.807, 2.05) is 40.7 Å². The molecule has 0 fully saturated rings. The molecule has 0 bridgehead atoms. The second-order valence-electron chi connectivity index (χ2n) is 5.44. The second kappa shape index (κ2) is 6.70. The second-order valence-corrected chi connectivity index (χ2v) is 5.44. The maximum absolute atomic E-state index is 12.0. The lowest BCUT2D eigenvalue weighted by Crippen LogP contribution is -2.34. The van der Waals surface area contributed by atoms with Crippen molar-refractivity contribution in [1.29, 1.82) is 0 Å². The molecule has 5 heteroatoms. The zero-order valence-corrected chi connectivity index (χ0v) is 12.5. The topological polar surface area (TPSA) is 67.2 Å². The minimum absolute atomic E-state index is 0.0674. The molecule has 2 unspecified atom stereocenters. The Morgan fingerprint density at radius 2 is 2.05 bits per heavy atom. The Hall–Kier alpha value is -1.36. The van der Waals surface area contributed by atoms with Gasteiger partial charge in [-0.1, -0.05) is 13.8 Å². The molecular formula is C14H25N3O2. The van der Waals surface area contributed by atoms with Crippen LogP contribution in [0.2, 0.25) is 0 Å². The normalized spacial score (nSPS) is 14.5. The summed E-state index contributed by atoms with van der Waals surface area (Å²) in [6, 6.07) is 1.62. The van der Waals surface area contributed by atoms with Crippen LogP contribution >= 0.6 is 0 Å². The van der Waals surface area contributed by atoms with Crippen LogP contribution in [0.15, 0.2) is 6.07 Å². The van der Waals surface area contributed by atoms with Crippen molar-refractivity contribution < 1.29 is 9.90 Å². The number of amides is 1. The van der Waals surface area contributed by atoms with Crippen LogP contribution in [0.25, 0.3) is 0 Å². The quantitative estimate of drug-likeness (QED) is 0.822. The van der Waals surface area contributed by atoms with Gasteiger partial charge in [-0.15, -0.1) is 0 Å². The summed E-state index contributed by atoms with van der Waals surface area (Å²) in [4.78, 5) is 12.0. The van der Waals surface area contributed by atoms with E-state index in [9.17, 15) is 9.90 Å². The number of aryl methyl sites for hydroxylation is 2. The van der Waals surface area contributed by atoms with Gasteiger partial charge in [0.1, 0.15) is 6.04 Å². The number of nitrogens with zero attached hydrogens (tertiary/aromatic N) is 2. The first-order chi connectivity index (χ1) is 8.82. The predicted molar refractivity (Wildman–Crippen MR) is 74.9 cm³/mol. The lowest BCUT2D eigenvalue weighted by atomic mass is 10.0. The lowest BCUT2D eigenvalue weighted by molar-refractivity contribution is -0.124. The fourth-order valence-electron chi connectivity index (χ4n) is 1.97. The molecule has 0 saturated carbocycles. The van der Waals surface area contributed by atoms with Crippen LogP contribution in [0, 0.1) is 19.8 Å². The summed E-state index contributed by atoms with van der Waals surface area (Å²) >= 11 is 0. The van der Waals surface area contributed by atoms with Gasteiger partial charge < -0.3 is 10.4 Å². The smallest absolute Gasteiger partial charge is 0.244 e. The monoisotopic (exact) mass is 267 g/mol. The third kappa shape index (κ3) is 4.35. The maximum Gasteiger partial charge on any atom is 0.244 e. The van der Waals surface area contributed by atoms with Gasteiger partial charge in [0.05, 0.1) is 11.8 Å². The minimum atomic E-state index is -0.371. The average Bonchev–Trinajstić information content (AvgIpc) is 2.66. The Kier molecular flexibility index (Phi) is 5.54. The molecule has 1 rings (SSSR count). The van der Waals surface area contributed by atoms with E-state index in [4.69, 9.17) is 0 Å². The fraction of sp³-hybridized carbons (Fsp3) is 0.714. The number of hydrogen-bond acceptors (Lipinski definition) is 3. The molecule has 108 valence electrons. The fourth-order valence-corrected chi connectivity index (χ4v) is 1.97. The van der Waals surface area contributed by atoms with Gasteiger partial charge in [0.25, 0.3) is 0 Å². The number of carbonyl (C=O) groups is 1. The molecule has 0 aliphatic rings. The zero-order chi connectivity index (χ0) is 14.6. The van der Waals surface area contributed by atoms with Crippen LogP contribution in [0.3, 0.4) is 0 Å². The predicted octanol–water partition coefficient (Wildman–Crippen LogP) is 1.58. The van der Waals surface area contributed by atoms with Gasteiger partial charge in [0.2, 0.25) is 5.91 Å². The molecule has 0 aliphatic heterocycles. The number of aliphatic hydroxyl groups excluding tert-OH is 1. The van der Waals surface area contributed by atoms with Gasteiger partial charge in [-0.05, 0) is 39.2 Å². The van der Waals surface area contributed by atoms with Crippen LogP contribution < -0.4 is 5.32 Å². The van der Waals surface area contributed by atoms with E-state index < -0.39 is 0 Å². The minimum Gasteiger partial charge on any atom is -0.393 e. The van der Waals surface area contributed by atoms with E-state index in [1.165, 1.54) is 0 Å². The zero-order valence-electron chi connectivity index (χ0n) is 12.5. The largest absolute Gasteiger partial charge is 0.393 e. The standard InChI is InChI=1S/C14H25N3O2/c1-9(2)13(18)6-7-15-14(19)12(5)17-11(4)8-10(3)16-17/h8-9,12-13,18H,6-7H2,1-5H3,(H,15,19). The van der Waals surface area contributed by atoms with E-state index in [-0.39, 0.29) is 24.0 Å². The highest BCUT2D eigenvalue weighted by atomic mass is 16.3. The Balaban J connectivity index is 2.48. The van der Waals surface area contributed by atoms with Crippen molar-refractivity contribution in [3.05, 3.63) is 17.5 Å². The van der Waals surface area contributed by atoms with Crippen LogP contribution in [-0.2, 0) is 4.79 Å². The van der Waals surface area contributed by atoms with E-state index in [0.29, 0.717) is 13.0 Å². The Morgan fingerprint density at radius 3 is 2.53 bits per heavy atom. The van der Waals surface area contributed by atoms with Gasteiger partial charge in [-0.3, -0.25) is 9.48 Å². The summed E-state index contributed by atoms with van der Waals surface area (Å²) < 4.78 is 1.73. The first kappa shape index (κ1) is 15.7. The molecule has 2 atom stereocenters. The van der Waals surface area contributed by atoms with Gasteiger partial charge in [0.15, 0.2) is 0 Å². The number of carbonyl (C=O) groups excluding carboxylic acids is 1. The van der Waals surface area contributed by atoms with Crippen molar-refractivity contribution in [3.8, 4) is 0 Å². The molecule has 2 N–H and O–H groups in total. The lowest BCUT2D eigenvalue weighted by Gasteiger charge is -2.17. The molecule has 0 spiro atoms. The summed E-state index contributed by atoms with van der Waals surface area (Å²) in [7, 11) is 0. The van der Waals surface area contributed by atoms with E-state index in [2.05, 4.69) is 10.4 Å². The number of rotatable bonds is 6. The van der Waals surface area contributed by atoms with Gasteiger partial charge in [0, 0.05) is 12.2 Å². The molecular weight excluding hydrogens is 242 g/mol. The number of aromatic nitrogens is 2. The van der Waals surface area contributed by atoms with Gasteiger partial charge in [-0.25, -0.2) is 0 Å². The Labute approximate surface area is 115 Å². The van der Waals surface area contributed by atoms with Crippen molar-refractivity contribution in [2.45, 2.75) is 53.2 Å². The van der Waals surface area contributed by atoms with Crippen molar-refractivity contribution >= 4 is 5.91 Å². The summed E-state index contributed by atoms with van der Waals surface area (Å²) in [6.45, 7) is 10.1. The molecule has 1 aromatic rings. The molecule has 1 aromatic heterocycles. The highest BCUT2D eigenvalue weighted by Crippen LogP contribution is 2.11. The van der Waals surface area contributed by atoms with E-state index >= 15 is 0 Å². The molecule has 1 amide bonds. The summed E-state index contributed by atoms with van der Waals surface area (Å²) in [6.07, 6.45) is 0.206. The highest BCUT2D eigenvalue weighted by Gasteiger charge is 2.18. The first-order valence-corrected chi connectivity index (χ1v) is 6.81.